The number of amides is 1. The molecular formula is C17H22N2O3S. The summed E-state index contributed by atoms with van der Waals surface area (Å²) in [7, 11) is 0. The van der Waals surface area contributed by atoms with Crippen LogP contribution in [0.5, 0.6) is 0 Å². The molecule has 1 aromatic heterocycles. The fourth-order valence-electron chi connectivity index (χ4n) is 2.87. The van der Waals surface area contributed by atoms with Crippen molar-refractivity contribution in [1.82, 2.24) is 5.32 Å². The molecule has 2 rings (SSSR count). The fraction of sp³-hybridized carbons (Fsp3) is 0.588. The maximum Gasteiger partial charge on any atom is 0.340 e. The molecule has 0 aromatic carbocycles. The number of thiophene rings is 1. The Morgan fingerprint density at radius 2 is 2.00 bits per heavy atom. The predicted molar refractivity (Wildman–Crippen MR) is 88.2 cm³/mol. The van der Waals surface area contributed by atoms with E-state index in [9.17, 15) is 14.9 Å². The molecule has 1 atom stereocenters. The van der Waals surface area contributed by atoms with Gasteiger partial charge >= 0.3 is 5.97 Å². The van der Waals surface area contributed by atoms with E-state index in [1.165, 1.54) is 18.3 Å². The van der Waals surface area contributed by atoms with Crippen molar-refractivity contribution in [2.45, 2.75) is 64.5 Å². The SMILES string of the molecule is Cc1cc(C(=O)O[C@@H](C)C(=O)NC2(C#N)CCCCC2)c(C)s1. The first-order chi connectivity index (χ1) is 10.9. The Labute approximate surface area is 140 Å². The van der Waals surface area contributed by atoms with Gasteiger partial charge in [-0.15, -0.1) is 11.3 Å². The van der Waals surface area contributed by atoms with Crippen LogP contribution >= 0.6 is 11.3 Å². The molecule has 1 N–H and O–H groups in total. The van der Waals surface area contributed by atoms with Gasteiger partial charge in [0.1, 0.15) is 5.54 Å². The minimum atomic E-state index is -0.922. The molecule has 5 nitrogen and oxygen atoms in total. The summed E-state index contributed by atoms with van der Waals surface area (Å²) in [5.74, 6) is -0.907. The number of rotatable bonds is 4. The van der Waals surface area contributed by atoms with E-state index in [1.54, 1.807) is 6.07 Å². The minimum Gasteiger partial charge on any atom is -0.449 e. The predicted octanol–water partition coefficient (Wildman–Crippen LogP) is 3.25. The Balaban J connectivity index is 1.98. The monoisotopic (exact) mass is 334 g/mol. The number of nitrogens with one attached hydrogen (secondary N) is 1. The summed E-state index contributed by atoms with van der Waals surface area (Å²) < 4.78 is 5.27. The lowest BCUT2D eigenvalue weighted by atomic mass is 9.83. The van der Waals surface area contributed by atoms with E-state index in [0.717, 1.165) is 29.0 Å². The number of hydrogen-bond acceptors (Lipinski definition) is 5. The van der Waals surface area contributed by atoms with Crippen LogP contribution in [0.15, 0.2) is 6.07 Å². The molecule has 1 aliphatic rings. The largest absolute Gasteiger partial charge is 0.449 e. The van der Waals surface area contributed by atoms with E-state index in [0.29, 0.717) is 18.4 Å². The van der Waals surface area contributed by atoms with Crippen LogP contribution in [-0.4, -0.2) is 23.5 Å². The lowest BCUT2D eigenvalue weighted by Gasteiger charge is -2.32. The molecule has 23 heavy (non-hydrogen) atoms. The van der Waals surface area contributed by atoms with Crippen LogP contribution in [-0.2, 0) is 9.53 Å². The first-order valence-corrected chi connectivity index (χ1v) is 8.70. The summed E-state index contributed by atoms with van der Waals surface area (Å²) in [5.41, 5.74) is -0.315. The summed E-state index contributed by atoms with van der Waals surface area (Å²) in [6.45, 7) is 5.31. The van der Waals surface area contributed by atoms with E-state index < -0.39 is 23.5 Å². The maximum absolute atomic E-state index is 12.3. The van der Waals surface area contributed by atoms with Gasteiger partial charge in [-0.2, -0.15) is 5.26 Å². The number of ether oxygens (including phenoxy) is 1. The second-order valence-corrected chi connectivity index (χ2v) is 7.58. The van der Waals surface area contributed by atoms with Gasteiger partial charge in [-0.1, -0.05) is 19.3 Å². The summed E-state index contributed by atoms with van der Waals surface area (Å²) in [5, 5.41) is 12.2. The van der Waals surface area contributed by atoms with E-state index in [2.05, 4.69) is 11.4 Å². The van der Waals surface area contributed by atoms with Gasteiger partial charge in [-0.25, -0.2) is 4.79 Å². The van der Waals surface area contributed by atoms with Crippen molar-refractivity contribution in [3.63, 3.8) is 0 Å². The molecule has 1 heterocycles. The molecule has 124 valence electrons. The Morgan fingerprint density at radius 1 is 1.35 bits per heavy atom. The highest BCUT2D eigenvalue weighted by Crippen LogP contribution is 2.28. The van der Waals surface area contributed by atoms with Crippen molar-refractivity contribution in [3.8, 4) is 6.07 Å². The molecule has 6 heteroatoms. The highest BCUT2D eigenvalue weighted by molar-refractivity contribution is 7.12. The third-order valence-corrected chi connectivity index (χ3v) is 5.16. The van der Waals surface area contributed by atoms with Crippen molar-refractivity contribution in [1.29, 1.82) is 5.26 Å². The van der Waals surface area contributed by atoms with Crippen LogP contribution in [0.3, 0.4) is 0 Å². The zero-order valence-corrected chi connectivity index (χ0v) is 14.6. The molecule has 1 aliphatic carbocycles. The lowest BCUT2D eigenvalue weighted by molar-refractivity contribution is -0.130. The quantitative estimate of drug-likeness (QED) is 0.857. The topological polar surface area (TPSA) is 79.2 Å². The zero-order chi connectivity index (χ0) is 17.0. The molecule has 1 fully saturated rings. The van der Waals surface area contributed by atoms with Gasteiger partial charge in [0.05, 0.1) is 11.6 Å². The standard InChI is InChI=1S/C17H22N2O3S/c1-11-9-14(13(3)23-11)16(21)22-12(2)15(20)19-17(10-18)7-5-4-6-8-17/h9,12H,4-8H2,1-3H3,(H,19,20)/t12-/m0/s1. The summed E-state index contributed by atoms with van der Waals surface area (Å²) >= 11 is 1.52. The molecule has 1 amide bonds. The lowest BCUT2D eigenvalue weighted by Crippen LogP contribution is -2.52. The van der Waals surface area contributed by atoms with Crippen LogP contribution in [0.1, 0.15) is 59.1 Å². The van der Waals surface area contributed by atoms with Crippen LogP contribution < -0.4 is 5.32 Å². The van der Waals surface area contributed by atoms with Crippen LogP contribution in [0, 0.1) is 25.2 Å². The van der Waals surface area contributed by atoms with Crippen molar-refractivity contribution in [3.05, 3.63) is 21.4 Å². The first-order valence-electron chi connectivity index (χ1n) is 7.88. The van der Waals surface area contributed by atoms with Gasteiger partial charge < -0.3 is 10.1 Å². The summed E-state index contributed by atoms with van der Waals surface area (Å²) in [4.78, 5) is 26.4. The molecule has 1 saturated carbocycles. The number of nitrogens with zero attached hydrogens (tertiary/aromatic N) is 1. The summed E-state index contributed by atoms with van der Waals surface area (Å²) in [6.07, 6.45) is 3.32. The zero-order valence-electron chi connectivity index (χ0n) is 13.8. The fourth-order valence-corrected chi connectivity index (χ4v) is 3.78. The number of nitriles is 1. The number of aryl methyl sites for hydroxylation is 2. The van der Waals surface area contributed by atoms with Crippen molar-refractivity contribution in [2.75, 3.05) is 0 Å². The normalized spacial score (nSPS) is 17.8. The first kappa shape index (κ1) is 17.5. The second-order valence-electron chi connectivity index (χ2n) is 6.12. The molecule has 0 bridgehead atoms. The van der Waals surface area contributed by atoms with Crippen LogP contribution in [0.25, 0.3) is 0 Å². The van der Waals surface area contributed by atoms with Crippen molar-refractivity contribution >= 4 is 23.2 Å². The number of hydrogen-bond donors (Lipinski definition) is 1. The van der Waals surface area contributed by atoms with E-state index >= 15 is 0 Å². The average molecular weight is 334 g/mol. The number of carbonyl (C=O) groups is 2. The molecule has 0 unspecified atom stereocenters. The number of carbonyl (C=O) groups excluding carboxylic acids is 2. The summed E-state index contributed by atoms with van der Waals surface area (Å²) in [6, 6.07) is 4.00. The molecule has 0 saturated heterocycles. The van der Waals surface area contributed by atoms with E-state index in [4.69, 9.17) is 4.74 Å². The number of esters is 1. The van der Waals surface area contributed by atoms with Gasteiger partial charge in [-0.05, 0) is 39.7 Å². The van der Waals surface area contributed by atoms with E-state index in [1.807, 2.05) is 13.8 Å². The highest BCUT2D eigenvalue weighted by Gasteiger charge is 2.35. The van der Waals surface area contributed by atoms with E-state index in [-0.39, 0.29) is 0 Å². The highest BCUT2D eigenvalue weighted by atomic mass is 32.1. The minimum absolute atomic E-state index is 0.411. The molecule has 0 radical (unpaired) electrons. The third kappa shape index (κ3) is 4.11. The molecule has 1 aromatic rings. The molecule has 0 aliphatic heterocycles. The smallest absolute Gasteiger partial charge is 0.340 e. The molecule has 0 spiro atoms. The Hall–Kier alpha value is -1.87. The van der Waals surface area contributed by atoms with Crippen LogP contribution in [0.4, 0.5) is 0 Å². The van der Waals surface area contributed by atoms with Gasteiger partial charge in [0, 0.05) is 9.75 Å². The average Bonchev–Trinajstić information content (AvgIpc) is 2.86. The Bertz CT molecular complexity index is 639. The maximum atomic E-state index is 12.3. The van der Waals surface area contributed by atoms with Gasteiger partial charge in [-0.3, -0.25) is 4.79 Å². The second kappa shape index (κ2) is 7.14. The Kier molecular flexibility index (Phi) is 5.42. The van der Waals surface area contributed by atoms with Crippen LogP contribution in [0.2, 0.25) is 0 Å². The van der Waals surface area contributed by atoms with Gasteiger partial charge in [0.15, 0.2) is 6.10 Å². The van der Waals surface area contributed by atoms with Gasteiger partial charge in [0.25, 0.3) is 5.91 Å². The van der Waals surface area contributed by atoms with Crippen molar-refractivity contribution in [2.24, 2.45) is 0 Å². The van der Waals surface area contributed by atoms with Gasteiger partial charge in [0.2, 0.25) is 0 Å². The molecular weight excluding hydrogens is 312 g/mol. The third-order valence-electron chi connectivity index (χ3n) is 4.20. The van der Waals surface area contributed by atoms with Crippen molar-refractivity contribution < 1.29 is 14.3 Å². The Morgan fingerprint density at radius 3 is 2.52 bits per heavy atom.